The SMILES string of the molecule is COCC1CCCN1c1nc(C)nc2cc(-c3ccccc3)[nH]c12. The molecule has 1 aliphatic rings. The summed E-state index contributed by atoms with van der Waals surface area (Å²) >= 11 is 0. The first-order valence-electron chi connectivity index (χ1n) is 8.44. The van der Waals surface area contributed by atoms with Crippen molar-refractivity contribution in [2.45, 2.75) is 25.8 Å². The topological polar surface area (TPSA) is 54.0 Å². The van der Waals surface area contributed by atoms with Gasteiger partial charge in [-0.1, -0.05) is 30.3 Å². The number of hydrogen-bond acceptors (Lipinski definition) is 4. The molecule has 0 bridgehead atoms. The number of nitrogens with one attached hydrogen (secondary N) is 1. The van der Waals surface area contributed by atoms with Crippen LogP contribution < -0.4 is 4.90 Å². The molecule has 2 aromatic heterocycles. The predicted molar refractivity (Wildman–Crippen MR) is 96.3 cm³/mol. The number of anilines is 1. The lowest BCUT2D eigenvalue weighted by atomic mass is 10.2. The van der Waals surface area contributed by atoms with Crippen molar-refractivity contribution in [2.24, 2.45) is 0 Å². The molecule has 5 nitrogen and oxygen atoms in total. The number of aromatic nitrogens is 3. The normalized spacial score (nSPS) is 17.8. The molecule has 1 N–H and O–H groups in total. The van der Waals surface area contributed by atoms with Crippen LogP contribution in [0.2, 0.25) is 0 Å². The molecule has 1 aromatic carbocycles. The minimum atomic E-state index is 0.385. The molecule has 0 amide bonds. The van der Waals surface area contributed by atoms with E-state index in [-0.39, 0.29) is 0 Å². The van der Waals surface area contributed by atoms with Gasteiger partial charge in [-0.15, -0.1) is 0 Å². The molecule has 0 aliphatic carbocycles. The van der Waals surface area contributed by atoms with Crippen molar-refractivity contribution in [3.05, 3.63) is 42.2 Å². The lowest BCUT2D eigenvalue weighted by molar-refractivity contribution is 0.180. The van der Waals surface area contributed by atoms with Crippen LogP contribution in [0.4, 0.5) is 5.82 Å². The van der Waals surface area contributed by atoms with E-state index in [0.29, 0.717) is 6.04 Å². The zero-order valence-electron chi connectivity index (χ0n) is 14.1. The predicted octanol–water partition coefficient (Wildman–Crippen LogP) is 3.55. The summed E-state index contributed by atoms with van der Waals surface area (Å²) in [7, 11) is 1.76. The first-order valence-corrected chi connectivity index (χ1v) is 8.44. The maximum absolute atomic E-state index is 5.40. The lowest BCUT2D eigenvalue weighted by Crippen LogP contribution is -2.33. The van der Waals surface area contributed by atoms with Gasteiger partial charge in [0.05, 0.1) is 18.2 Å². The largest absolute Gasteiger partial charge is 0.383 e. The van der Waals surface area contributed by atoms with E-state index in [9.17, 15) is 0 Å². The molecule has 1 aliphatic heterocycles. The molecule has 4 rings (SSSR count). The number of hydrogen-bond donors (Lipinski definition) is 1. The highest BCUT2D eigenvalue weighted by Crippen LogP contribution is 2.32. The van der Waals surface area contributed by atoms with Crippen molar-refractivity contribution >= 4 is 16.9 Å². The van der Waals surface area contributed by atoms with Crippen LogP contribution in [0.3, 0.4) is 0 Å². The van der Waals surface area contributed by atoms with Gasteiger partial charge in [0.25, 0.3) is 0 Å². The average Bonchev–Trinajstić information content (AvgIpc) is 3.22. The van der Waals surface area contributed by atoms with Gasteiger partial charge in [0, 0.05) is 19.3 Å². The van der Waals surface area contributed by atoms with E-state index < -0.39 is 0 Å². The molecule has 0 radical (unpaired) electrons. The molecule has 1 saturated heterocycles. The second kappa shape index (κ2) is 6.24. The molecule has 3 heterocycles. The molecular formula is C19H22N4O. The van der Waals surface area contributed by atoms with Gasteiger partial charge in [-0.25, -0.2) is 9.97 Å². The van der Waals surface area contributed by atoms with Crippen LogP contribution >= 0.6 is 0 Å². The van der Waals surface area contributed by atoms with Crippen molar-refractivity contribution in [1.29, 1.82) is 0 Å². The molecule has 1 fully saturated rings. The van der Waals surface area contributed by atoms with Crippen molar-refractivity contribution < 1.29 is 4.74 Å². The molecule has 0 saturated carbocycles. The fourth-order valence-electron chi connectivity index (χ4n) is 3.57. The van der Waals surface area contributed by atoms with E-state index in [0.717, 1.165) is 53.5 Å². The number of nitrogens with zero attached hydrogens (tertiary/aromatic N) is 3. The van der Waals surface area contributed by atoms with E-state index >= 15 is 0 Å². The Morgan fingerprint density at radius 1 is 1.25 bits per heavy atom. The van der Waals surface area contributed by atoms with Crippen LogP contribution in [0.1, 0.15) is 18.7 Å². The standard InChI is InChI=1S/C19H22N4O/c1-13-20-17-11-16(14-7-4-3-5-8-14)22-18(17)19(21-13)23-10-6-9-15(23)12-24-2/h3-5,7-8,11,15,22H,6,9-10,12H2,1-2H3. The third kappa shape index (κ3) is 2.65. The number of rotatable bonds is 4. The van der Waals surface area contributed by atoms with Crippen LogP contribution in [0, 0.1) is 6.92 Å². The van der Waals surface area contributed by atoms with Gasteiger partial charge in [0.1, 0.15) is 11.3 Å². The molecule has 3 aromatic rings. The highest BCUT2D eigenvalue weighted by atomic mass is 16.5. The number of aryl methyl sites for hydroxylation is 1. The first-order chi connectivity index (χ1) is 11.8. The smallest absolute Gasteiger partial charge is 0.157 e. The number of aromatic amines is 1. The Morgan fingerprint density at radius 2 is 2.08 bits per heavy atom. The summed E-state index contributed by atoms with van der Waals surface area (Å²) in [4.78, 5) is 15.3. The highest BCUT2D eigenvalue weighted by molar-refractivity contribution is 5.91. The minimum absolute atomic E-state index is 0.385. The third-order valence-corrected chi connectivity index (χ3v) is 4.66. The van der Waals surface area contributed by atoms with E-state index in [1.807, 2.05) is 25.1 Å². The Labute approximate surface area is 141 Å². The second-order valence-corrected chi connectivity index (χ2v) is 6.35. The van der Waals surface area contributed by atoms with Crippen molar-refractivity contribution in [1.82, 2.24) is 15.0 Å². The van der Waals surface area contributed by atoms with E-state index in [4.69, 9.17) is 9.72 Å². The molecule has 5 heteroatoms. The minimum Gasteiger partial charge on any atom is -0.383 e. The second-order valence-electron chi connectivity index (χ2n) is 6.35. The fraction of sp³-hybridized carbons (Fsp3) is 0.368. The van der Waals surface area contributed by atoms with Gasteiger partial charge in [0.15, 0.2) is 5.82 Å². The van der Waals surface area contributed by atoms with E-state index in [1.54, 1.807) is 7.11 Å². The van der Waals surface area contributed by atoms with Crippen LogP contribution in [0.15, 0.2) is 36.4 Å². The quantitative estimate of drug-likeness (QED) is 0.798. The van der Waals surface area contributed by atoms with Crippen LogP contribution in [0.25, 0.3) is 22.3 Å². The molecule has 24 heavy (non-hydrogen) atoms. The summed E-state index contributed by atoms with van der Waals surface area (Å²) in [6.07, 6.45) is 2.31. The summed E-state index contributed by atoms with van der Waals surface area (Å²) in [6, 6.07) is 12.8. The van der Waals surface area contributed by atoms with Crippen molar-refractivity contribution in [3.8, 4) is 11.3 Å². The van der Waals surface area contributed by atoms with E-state index in [1.165, 1.54) is 6.42 Å². The Hall–Kier alpha value is -2.40. The zero-order valence-corrected chi connectivity index (χ0v) is 14.1. The molecule has 1 unspecified atom stereocenters. The Kier molecular flexibility index (Phi) is 3.94. The zero-order chi connectivity index (χ0) is 16.5. The Bertz CT molecular complexity index is 843. The summed E-state index contributed by atoms with van der Waals surface area (Å²) < 4.78 is 5.40. The van der Waals surface area contributed by atoms with Gasteiger partial charge in [-0.05, 0) is 31.4 Å². The Morgan fingerprint density at radius 3 is 2.88 bits per heavy atom. The number of methoxy groups -OCH3 is 1. The number of H-pyrrole nitrogens is 1. The maximum atomic E-state index is 5.40. The third-order valence-electron chi connectivity index (χ3n) is 4.66. The first kappa shape index (κ1) is 15.1. The Balaban J connectivity index is 1.82. The summed E-state index contributed by atoms with van der Waals surface area (Å²) in [5.74, 6) is 1.80. The number of fused-ring (bicyclic) bond motifs is 1. The van der Waals surface area contributed by atoms with Crippen molar-refractivity contribution in [2.75, 3.05) is 25.2 Å². The van der Waals surface area contributed by atoms with E-state index in [2.05, 4.69) is 33.1 Å². The number of ether oxygens (including phenoxy) is 1. The lowest BCUT2D eigenvalue weighted by Gasteiger charge is -2.25. The molecular weight excluding hydrogens is 300 g/mol. The van der Waals surface area contributed by atoms with Gasteiger partial charge in [-0.3, -0.25) is 0 Å². The molecule has 0 spiro atoms. The van der Waals surface area contributed by atoms with Crippen molar-refractivity contribution in [3.63, 3.8) is 0 Å². The summed E-state index contributed by atoms with van der Waals surface area (Å²) in [5, 5.41) is 0. The maximum Gasteiger partial charge on any atom is 0.157 e. The summed E-state index contributed by atoms with van der Waals surface area (Å²) in [5.41, 5.74) is 4.23. The molecule has 124 valence electrons. The fourth-order valence-corrected chi connectivity index (χ4v) is 3.57. The van der Waals surface area contributed by atoms with Gasteiger partial charge >= 0.3 is 0 Å². The van der Waals surface area contributed by atoms with Crippen LogP contribution in [-0.2, 0) is 4.74 Å². The van der Waals surface area contributed by atoms with Gasteiger partial charge < -0.3 is 14.6 Å². The van der Waals surface area contributed by atoms with Gasteiger partial charge in [0.2, 0.25) is 0 Å². The van der Waals surface area contributed by atoms with Crippen LogP contribution in [0.5, 0.6) is 0 Å². The monoisotopic (exact) mass is 322 g/mol. The summed E-state index contributed by atoms with van der Waals surface area (Å²) in [6.45, 7) is 3.70. The molecule has 1 atom stereocenters. The number of benzene rings is 1. The highest BCUT2D eigenvalue weighted by Gasteiger charge is 2.28. The average molecular weight is 322 g/mol. The van der Waals surface area contributed by atoms with Crippen LogP contribution in [-0.4, -0.2) is 41.3 Å². The van der Waals surface area contributed by atoms with Gasteiger partial charge in [-0.2, -0.15) is 0 Å².